The van der Waals surface area contributed by atoms with Gasteiger partial charge >= 0.3 is 0 Å². The SMILES string of the molecule is C1=CC=Cn2nccc2N=1. The smallest absolute Gasteiger partial charge is 0.164 e. The zero-order valence-electron chi connectivity index (χ0n) is 5.23. The van der Waals surface area contributed by atoms with Crippen molar-refractivity contribution >= 4 is 17.9 Å². The summed E-state index contributed by atoms with van der Waals surface area (Å²) in [4.78, 5) is 3.98. The van der Waals surface area contributed by atoms with Crippen LogP contribution in [0.2, 0.25) is 0 Å². The van der Waals surface area contributed by atoms with Crippen molar-refractivity contribution in [1.29, 1.82) is 0 Å². The van der Waals surface area contributed by atoms with E-state index >= 15 is 0 Å². The Hall–Kier alpha value is -1.60. The third-order valence-corrected chi connectivity index (χ3v) is 1.23. The number of hydrogen-bond acceptors (Lipinski definition) is 2. The minimum Gasteiger partial charge on any atom is -0.222 e. The fourth-order valence-electron chi connectivity index (χ4n) is 0.782. The summed E-state index contributed by atoms with van der Waals surface area (Å²) >= 11 is 0. The molecule has 1 aromatic heterocycles. The molecule has 0 aliphatic carbocycles. The van der Waals surface area contributed by atoms with E-state index in [9.17, 15) is 0 Å². The second-order valence-electron chi connectivity index (χ2n) is 1.88. The Morgan fingerprint density at radius 1 is 1.50 bits per heavy atom. The van der Waals surface area contributed by atoms with Crippen LogP contribution in [0, 0.1) is 0 Å². The van der Waals surface area contributed by atoms with Crippen molar-refractivity contribution < 1.29 is 0 Å². The van der Waals surface area contributed by atoms with Crippen molar-refractivity contribution in [2.45, 2.75) is 0 Å². The lowest BCUT2D eigenvalue weighted by molar-refractivity contribution is 0.935. The molecule has 1 aromatic rings. The van der Waals surface area contributed by atoms with Gasteiger partial charge in [0.1, 0.15) is 0 Å². The van der Waals surface area contributed by atoms with Gasteiger partial charge in [-0.1, -0.05) is 0 Å². The lowest BCUT2D eigenvalue weighted by atomic mass is 10.6. The molecule has 0 amide bonds. The van der Waals surface area contributed by atoms with Gasteiger partial charge in [0.2, 0.25) is 0 Å². The summed E-state index contributed by atoms with van der Waals surface area (Å²) in [6, 6.07) is 1.83. The molecule has 0 saturated carbocycles. The van der Waals surface area contributed by atoms with E-state index in [1.165, 1.54) is 0 Å². The van der Waals surface area contributed by atoms with Crippen LogP contribution in [0.3, 0.4) is 0 Å². The van der Waals surface area contributed by atoms with E-state index in [1.807, 2.05) is 18.3 Å². The van der Waals surface area contributed by atoms with Gasteiger partial charge in [0, 0.05) is 18.3 Å². The lowest BCUT2D eigenvalue weighted by Gasteiger charge is -1.89. The molecule has 10 heavy (non-hydrogen) atoms. The Balaban J connectivity index is 2.68. The van der Waals surface area contributed by atoms with Crippen molar-refractivity contribution in [3.63, 3.8) is 0 Å². The van der Waals surface area contributed by atoms with E-state index < -0.39 is 0 Å². The van der Waals surface area contributed by atoms with Crippen molar-refractivity contribution in [3.05, 3.63) is 24.4 Å². The van der Waals surface area contributed by atoms with E-state index in [0.29, 0.717) is 0 Å². The van der Waals surface area contributed by atoms with Gasteiger partial charge in [0.25, 0.3) is 0 Å². The zero-order valence-corrected chi connectivity index (χ0v) is 5.23. The van der Waals surface area contributed by atoms with Gasteiger partial charge in [0.05, 0.1) is 6.20 Å². The molecule has 1 aliphatic rings. The van der Waals surface area contributed by atoms with E-state index in [0.717, 1.165) is 5.82 Å². The quantitative estimate of drug-likeness (QED) is 0.520. The molecule has 0 N–H and O–H groups in total. The van der Waals surface area contributed by atoms with Crippen LogP contribution in [-0.4, -0.2) is 15.7 Å². The molecule has 2 rings (SSSR count). The molecule has 0 unspecified atom stereocenters. The highest BCUT2D eigenvalue weighted by Crippen LogP contribution is 2.10. The summed E-state index contributed by atoms with van der Waals surface area (Å²) in [6.45, 7) is 0. The van der Waals surface area contributed by atoms with Crippen molar-refractivity contribution in [2.24, 2.45) is 4.99 Å². The number of aromatic nitrogens is 2. The van der Waals surface area contributed by atoms with Crippen LogP contribution >= 0.6 is 0 Å². The molecule has 0 spiro atoms. The third-order valence-electron chi connectivity index (χ3n) is 1.23. The van der Waals surface area contributed by atoms with Crippen molar-refractivity contribution in [1.82, 2.24) is 9.78 Å². The number of allylic oxidation sites excluding steroid dienone is 2. The first-order chi connectivity index (χ1) is 4.97. The number of fused-ring (bicyclic) bond motifs is 1. The van der Waals surface area contributed by atoms with Crippen LogP contribution in [0.1, 0.15) is 0 Å². The molecule has 48 valence electrons. The van der Waals surface area contributed by atoms with Gasteiger partial charge < -0.3 is 0 Å². The maximum absolute atomic E-state index is 3.99. The predicted octanol–water partition coefficient (Wildman–Crippen LogP) is 1.22. The molecule has 0 atom stereocenters. The number of rotatable bonds is 0. The van der Waals surface area contributed by atoms with Crippen LogP contribution in [0.5, 0.6) is 0 Å². The fourth-order valence-corrected chi connectivity index (χ4v) is 0.782. The zero-order chi connectivity index (χ0) is 6.81. The molecular weight excluding hydrogens is 126 g/mol. The van der Waals surface area contributed by atoms with Gasteiger partial charge in [-0.25, -0.2) is 4.68 Å². The van der Waals surface area contributed by atoms with E-state index in [-0.39, 0.29) is 0 Å². The summed E-state index contributed by atoms with van der Waals surface area (Å²) < 4.78 is 1.69. The van der Waals surface area contributed by atoms with E-state index in [2.05, 4.69) is 16.0 Å². The average Bonchev–Trinajstić information content (AvgIpc) is 2.28. The Morgan fingerprint density at radius 2 is 2.50 bits per heavy atom. The van der Waals surface area contributed by atoms with E-state index in [4.69, 9.17) is 0 Å². The molecule has 0 fully saturated rings. The molecule has 3 heteroatoms. The van der Waals surface area contributed by atoms with Crippen LogP contribution in [0.15, 0.2) is 29.4 Å². The molecule has 0 radical (unpaired) electrons. The highest BCUT2D eigenvalue weighted by molar-refractivity contribution is 5.63. The van der Waals surface area contributed by atoms with Crippen LogP contribution in [0.25, 0.3) is 6.20 Å². The Bertz CT molecular complexity index is 326. The van der Waals surface area contributed by atoms with Gasteiger partial charge in [-0.3, -0.25) is 0 Å². The normalized spacial score (nSPS) is 13.2. The highest BCUT2D eigenvalue weighted by Gasteiger charge is 1.94. The Morgan fingerprint density at radius 3 is 3.50 bits per heavy atom. The Kier molecular flexibility index (Phi) is 1.03. The number of hydrogen-bond donors (Lipinski definition) is 0. The number of nitrogens with zero attached hydrogens (tertiary/aromatic N) is 3. The van der Waals surface area contributed by atoms with Gasteiger partial charge in [-0.2, -0.15) is 10.1 Å². The first-order valence-corrected chi connectivity index (χ1v) is 2.96. The van der Waals surface area contributed by atoms with Gasteiger partial charge in [-0.05, 0) is 11.9 Å². The molecule has 0 saturated heterocycles. The minimum absolute atomic E-state index is 0.810. The third kappa shape index (κ3) is 0.694. The minimum atomic E-state index is 0.810. The molecular formula is C7H5N3. The first kappa shape index (κ1) is 5.21. The molecule has 0 bridgehead atoms. The molecule has 0 aromatic carbocycles. The van der Waals surface area contributed by atoms with E-state index in [1.54, 1.807) is 17.0 Å². The molecule has 2 heterocycles. The van der Waals surface area contributed by atoms with Crippen molar-refractivity contribution in [2.75, 3.05) is 0 Å². The van der Waals surface area contributed by atoms with Gasteiger partial charge in [0.15, 0.2) is 5.82 Å². The fraction of sp³-hybridized carbons (Fsp3) is 0. The summed E-state index contributed by atoms with van der Waals surface area (Å²) in [5.41, 5.74) is 0. The topological polar surface area (TPSA) is 30.2 Å². The summed E-state index contributed by atoms with van der Waals surface area (Å²) in [5.74, 6) is 3.55. The highest BCUT2D eigenvalue weighted by atomic mass is 15.3. The maximum atomic E-state index is 3.99. The second kappa shape index (κ2) is 1.97. The predicted molar refractivity (Wildman–Crippen MR) is 39.2 cm³/mol. The Labute approximate surface area is 58.0 Å². The summed E-state index contributed by atoms with van der Waals surface area (Å²) in [6.07, 6.45) is 7.12. The maximum Gasteiger partial charge on any atom is 0.164 e. The van der Waals surface area contributed by atoms with Crippen LogP contribution in [0.4, 0.5) is 5.82 Å². The van der Waals surface area contributed by atoms with Crippen LogP contribution in [-0.2, 0) is 0 Å². The van der Waals surface area contributed by atoms with Crippen molar-refractivity contribution in [3.8, 4) is 0 Å². The lowest BCUT2D eigenvalue weighted by Crippen LogP contribution is -1.84. The largest absolute Gasteiger partial charge is 0.222 e. The standard InChI is InChI=1S/C7H5N3/c1-2-6-10-7(8-4-1)3-5-9-10/h1-3,5-6H. The molecule has 1 aliphatic heterocycles. The summed E-state index contributed by atoms with van der Waals surface area (Å²) in [7, 11) is 0. The molecule has 3 nitrogen and oxygen atoms in total. The van der Waals surface area contributed by atoms with Gasteiger partial charge in [-0.15, -0.1) is 0 Å². The van der Waals surface area contributed by atoms with Crippen LogP contribution < -0.4 is 0 Å². The summed E-state index contributed by atoms with van der Waals surface area (Å²) in [5, 5.41) is 3.99. The number of aliphatic imine (C=N–C) groups is 1. The monoisotopic (exact) mass is 131 g/mol. The first-order valence-electron chi connectivity index (χ1n) is 2.96. The second-order valence-corrected chi connectivity index (χ2v) is 1.88. The average molecular weight is 131 g/mol.